The molecule has 0 saturated carbocycles. The first-order chi connectivity index (χ1) is 8.24. The Balaban J connectivity index is 2.36. The van der Waals surface area contributed by atoms with Gasteiger partial charge < -0.3 is 5.11 Å². The Morgan fingerprint density at radius 2 is 2.12 bits per heavy atom. The highest BCUT2D eigenvalue weighted by Crippen LogP contribution is 2.28. The summed E-state index contributed by atoms with van der Waals surface area (Å²) in [4.78, 5) is 3.95. The van der Waals surface area contributed by atoms with Crippen molar-refractivity contribution >= 4 is 15.9 Å². The lowest BCUT2D eigenvalue weighted by Crippen LogP contribution is -2.10. The third kappa shape index (κ3) is 2.56. The molecule has 1 N–H and O–H groups in total. The van der Waals surface area contributed by atoms with Crippen molar-refractivity contribution in [3.63, 3.8) is 0 Å². The number of nitrogens with zero attached hydrogens (tertiary/aromatic N) is 3. The van der Waals surface area contributed by atoms with Crippen LogP contribution in [0.2, 0.25) is 0 Å². The molecule has 4 nitrogen and oxygen atoms in total. The molecule has 2 heterocycles. The van der Waals surface area contributed by atoms with Gasteiger partial charge in [0, 0.05) is 18.9 Å². The molecule has 0 aliphatic rings. The number of hydrogen-bond donors (Lipinski definition) is 1. The smallest absolute Gasteiger partial charge is 0.122 e. The minimum Gasteiger partial charge on any atom is -0.382 e. The number of pyridine rings is 1. The minimum atomic E-state index is -0.679. The quantitative estimate of drug-likeness (QED) is 0.943. The van der Waals surface area contributed by atoms with Crippen molar-refractivity contribution in [2.75, 3.05) is 0 Å². The molecule has 0 amide bonds. The van der Waals surface area contributed by atoms with Gasteiger partial charge in [-0.1, -0.05) is 6.92 Å². The molecule has 0 aromatic carbocycles. The highest BCUT2D eigenvalue weighted by atomic mass is 79.9. The molecule has 0 spiro atoms. The van der Waals surface area contributed by atoms with Crippen molar-refractivity contribution in [3.8, 4) is 0 Å². The molecular weight excluding hydrogens is 282 g/mol. The van der Waals surface area contributed by atoms with Gasteiger partial charge in [-0.25, -0.2) is 0 Å². The second-order valence-corrected chi connectivity index (χ2v) is 4.64. The summed E-state index contributed by atoms with van der Waals surface area (Å²) in [6.45, 7) is 2.88. The zero-order valence-corrected chi connectivity index (χ0v) is 11.1. The van der Waals surface area contributed by atoms with E-state index >= 15 is 0 Å². The third-order valence-corrected chi connectivity index (χ3v) is 3.16. The Morgan fingerprint density at radius 3 is 2.76 bits per heavy atom. The van der Waals surface area contributed by atoms with E-state index in [9.17, 15) is 5.11 Å². The lowest BCUT2D eigenvalue weighted by atomic mass is 10.1. The standard InChI is InChI=1S/C12H14BrN3O/c1-2-7-16-11(10(13)8-15-16)12(17)9-3-5-14-6-4-9/h3-6,8,12,17H,2,7H2,1H3. The van der Waals surface area contributed by atoms with Crippen LogP contribution in [0.3, 0.4) is 0 Å². The van der Waals surface area contributed by atoms with E-state index in [-0.39, 0.29) is 0 Å². The highest BCUT2D eigenvalue weighted by molar-refractivity contribution is 9.10. The van der Waals surface area contributed by atoms with Crippen LogP contribution in [0, 0.1) is 0 Å². The lowest BCUT2D eigenvalue weighted by molar-refractivity contribution is 0.206. The van der Waals surface area contributed by atoms with Crippen LogP contribution in [0.25, 0.3) is 0 Å². The first-order valence-electron chi connectivity index (χ1n) is 5.53. The normalized spacial score (nSPS) is 12.6. The van der Waals surface area contributed by atoms with Crippen LogP contribution in [0.5, 0.6) is 0 Å². The predicted molar refractivity (Wildman–Crippen MR) is 68.5 cm³/mol. The monoisotopic (exact) mass is 295 g/mol. The van der Waals surface area contributed by atoms with Gasteiger partial charge in [0.1, 0.15) is 6.10 Å². The van der Waals surface area contributed by atoms with Crippen molar-refractivity contribution in [1.82, 2.24) is 14.8 Å². The van der Waals surface area contributed by atoms with Crippen molar-refractivity contribution < 1.29 is 5.11 Å². The lowest BCUT2D eigenvalue weighted by Gasteiger charge is -2.13. The van der Waals surface area contributed by atoms with Gasteiger partial charge in [0.05, 0.1) is 16.4 Å². The fourth-order valence-corrected chi connectivity index (χ4v) is 2.25. The maximum Gasteiger partial charge on any atom is 0.122 e. The maximum absolute atomic E-state index is 10.4. The van der Waals surface area contributed by atoms with Crippen LogP contribution in [-0.4, -0.2) is 19.9 Å². The summed E-state index contributed by atoms with van der Waals surface area (Å²) in [6, 6.07) is 3.61. The number of aryl methyl sites for hydroxylation is 1. The molecule has 0 bridgehead atoms. The van der Waals surface area contributed by atoms with Gasteiger partial charge in [0.25, 0.3) is 0 Å². The van der Waals surface area contributed by atoms with Gasteiger partial charge in [-0.15, -0.1) is 0 Å². The Morgan fingerprint density at radius 1 is 1.41 bits per heavy atom. The topological polar surface area (TPSA) is 50.9 Å². The van der Waals surface area contributed by atoms with E-state index in [1.54, 1.807) is 30.7 Å². The average molecular weight is 296 g/mol. The Hall–Kier alpha value is -1.20. The number of rotatable bonds is 4. The van der Waals surface area contributed by atoms with Gasteiger partial charge in [0.2, 0.25) is 0 Å². The second kappa shape index (κ2) is 5.42. The largest absolute Gasteiger partial charge is 0.382 e. The average Bonchev–Trinajstić information content (AvgIpc) is 2.71. The van der Waals surface area contributed by atoms with Crippen LogP contribution in [-0.2, 0) is 6.54 Å². The van der Waals surface area contributed by atoms with E-state index in [0.717, 1.165) is 28.7 Å². The fourth-order valence-electron chi connectivity index (χ4n) is 1.74. The molecular formula is C12H14BrN3O. The molecule has 1 atom stereocenters. The summed E-state index contributed by atoms with van der Waals surface area (Å²) in [5.74, 6) is 0. The van der Waals surface area contributed by atoms with Crippen molar-refractivity contribution in [2.45, 2.75) is 26.0 Å². The zero-order valence-electron chi connectivity index (χ0n) is 9.55. The summed E-state index contributed by atoms with van der Waals surface area (Å²) in [5, 5.41) is 14.6. The van der Waals surface area contributed by atoms with E-state index in [0.29, 0.717) is 0 Å². The van der Waals surface area contributed by atoms with Gasteiger partial charge in [-0.3, -0.25) is 9.67 Å². The van der Waals surface area contributed by atoms with Crippen LogP contribution in [0.15, 0.2) is 35.2 Å². The highest BCUT2D eigenvalue weighted by Gasteiger charge is 2.18. The van der Waals surface area contributed by atoms with E-state index in [4.69, 9.17) is 0 Å². The van der Waals surface area contributed by atoms with E-state index < -0.39 is 6.10 Å². The molecule has 1 unspecified atom stereocenters. The summed E-state index contributed by atoms with van der Waals surface area (Å²) in [5.41, 5.74) is 1.61. The molecule has 0 saturated heterocycles. The van der Waals surface area contributed by atoms with E-state index in [1.165, 1.54) is 0 Å². The first kappa shape index (κ1) is 12.3. The molecule has 2 aromatic heterocycles. The van der Waals surface area contributed by atoms with E-state index in [1.807, 2.05) is 4.68 Å². The first-order valence-corrected chi connectivity index (χ1v) is 6.32. The number of hydrogen-bond acceptors (Lipinski definition) is 3. The number of aliphatic hydroxyl groups is 1. The van der Waals surface area contributed by atoms with Crippen molar-refractivity contribution in [1.29, 1.82) is 0 Å². The number of aromatic nitrogens is 3. The van der Waals surface area contributed by atoms with Gasteiger partial charge in [-0.05, 0) is 40.0 Å². The van der Waals surface area contributed by atoms with Crippen LogP contribution in [0.4, 0.5) is 0 Å². The zero-order chi connectivity index (χ0) is 12.3. The van der Waals surface area contributed by atoms with Crippen molar-refractivity contribution in [3.05, 3.63) is 46.5 Å². The number of halogens is 1. The summed E-state index contributed by atoms with van der Waals surface area (Å²) >= 11 is 3.43. The summed E-state index contributed by atoms with van der Waals surface area (Å²) in [6.07, 6.45) is 5.36. The molecule has 0 aliphatic carbocycles. The number of aliphatic hydroxyl groups excluding tert-OH is 1. The van der Waals surface area contributed by atoms with Crippen LogP contribution < -0.4 is 0 Å². The predicted octanol–water partition coefficient (Wildman–Crippen LogP) is 2.53. The van der Waals surface area contributed by atoms with Gasteiger partial charge in [-0.2, -0.15) is 5.10 Å². The molecule has 2 rings (SSSR count). The molecule has 5 heteroatoms. The fraction of sp³-hybridized carbons (Fsp3) is 0.333. The molecule has 0 fully saturated rings. The minimum absolute atomic E-state index is 0.679. The van der Waals surface area contributed by atoms with E-state index in [2.05, 4.69) is 32.9 Å². The van der Waals surface area contributed by atoms with Gasteiger partial charge >= 0.3 is 0 Å². The molecule has 17 heavy (non-hydrogen) atoms. The Bertz CT molecular complexity index is 484. The molecule has 2 aromatic rings. The SMILES string of the molecule is CCCn1ncc(Br)c1C(O)c1ccncc1. The van der Waals surface area contributed by atoms with Gasteiger partial charge in [0.15, 0.2) is 0 Å². The summed E-state index contributed by atoms with van der Waals surface area (Å²) in [7, 11) is 0. The third-order valence-electron chi connectivity index (χ3n) is 2.55. The summed E-state index contributed by atoms with van der Waals surface area (Å²) < 4.78 is 2.66. The molecule has 0 radical (unpaired) electrons. The molecule has 90 valence electrons. The second-order valence-electron chi connectivity index (χ2n) is 3.78. The van der Waals surface area contributed by atoms with Crippen LogP contribution >= 0.6 is 15.9 Å². The Kier molecular flexibility index (Phi) is 3.91. The maximum atomic E-state index is 10.4. The Labute approximate surface area is 108 Å². The van der Waals surface area contributed by atoms with Crippen molar-refractivity contribution in [2.24, 2.45) is 0 Å². The molecule has 0 aliphatic heterocycles. The van der Waals surface area contributed by atoms with Crippen LogP contribution in [0.1, 0.15) is 30.7 Å².